The maximum Gasteiger partial charge on any atom is 0.243 e. The smallest absolute Gasteiger partial charge is 0.243 e. The molecule has 0 bridgehead atoms. The van der Waals surface area contributed by atoms with E-state index in [9.17, 15) is 9.59 Å². The second-order valence-electron chi connectivity index (χ2n) is 6.21. The topological polar surface area (TPSA) is 58.6 Å². The van der Waals surface area contributed by atoms with Gasteiger partial charge >= 0.3 is 0 Å². The van der Waals surface area contributed by atoms with Gasteiger partial charge in [0.2, 0.25) is 11.8 Å². The molecule has 134 valence electrons. The summed E-state index contributed by atoms with van der Waals surface area (Å²) in [4.78, 5) is 26.0. The first-order valence-corrected chi connectivity index (χ1v) is 8.53. The fraction of sp³-hybridized carbons (Fsp3) is 0.238. The van der Waals surface area contributed by atoms with E-state index in [4.69, 9.17) is 4.74 Å². The molecule has 0 saturated heterocycles. The molecule has 1 unspecified atom stereocenters. The van der Waals surface area contributed by atoms with Crippen LogP contribution in [0.25, 0.3) is 0 Å². The van der Waals surface area contributed by atoms with E-state index in [2.05, 4.69) is 18.0 Å². The number of nitrogens with zero attached hydrogens (tertiary/aromatic N) is 1. The van der Waals surface area contributed by atoms with Crippen LogP contribution >= 0.6 is 0 Å². The van der Waals surface area contributed by atoms with Crippen LogP contribution in [0.1, 0.15) is 22.7 Å². The minimum atomic E-state index is -0.353. The van der Waals surface area contributed by atoms with Crippen LogP contribution in [-0.4, -0.2) is 30.4 Å². The Hall–Kier alpha value is -3.08. The maximum absolute atomic E-state index is 12.8. The molecule has 2 amide bonds. The number of carbonyl (C=O) groups is 2. The summed E-state index contributed by atoms with van der Waals surface area (Å²) in [5.74, 6) is 0.297. The van der Waals surface area contributed by atoms with E-state index in [1.165, 1.54) is 11.6 Å². The Morgan fingerprint density at radius 3 is 2.69 bits per heavy atom. The number of hydrogen-bond donors (Lipinski definition) is 1. The molecule has 0 saturated carbocycles. The van der Waals surface area contributed by atoms with Gasteiger partial charge in [-0.25, -0.2) is 0 Å². The Morgan fingerprint density at radius 1 is 1.23 bits per heavy atom. The second kappa shape index (κ2) is 7.87. The summed E-state index contributed by atoms with van der Waals surface area (Å²) in [7, 11) is 1.63. The number of hydrogen-bond acceptors (Lipinski definition) is 3. The van der Waals surface area contributed by atoms with Gasteiger partial charge in [-0.2, -0.15) is 0 Å². The normalized spacial score (nSPS) is 15.7. The molecule has 5 heteroatoms. The fourth-order valence-electron chi connectivity index (χ4n) is 3.26. The largest absolute Gasteiger partial charge is 0.497 e. The minimum Gasteiger partial charge on any atom is -0.497 e. The lowest BCUT2D eigenvalue weighted by atomic mass is 9.89. The Kier molecular flexibility index (Phi) is 5.37. The molecule has 1 heterocycles. The van der Waals surface area contributed by atoms with Gasteiger partial charge in [-0.1, -0.05) is 43.0 Å². The highest BCUT2D eigenvalue weighted by Crippen LogP contribution is 2.34. The van der Waals surface area contributed by atoms with Crippen LogP contribution in [-0.2, 0) is 22.6 Å². The summed E-state index contributed by atoms with van der Waals surface area (Å²) in [5, 5.41) is 2.58. The SMILES string of the molecule is C=CC(=O)NCC(=O)N1Cc2cc(OC)ccc2CC1c1ccccc1. The van der Waals surface area contributed by atoms with Crippen LogP contribution in [0.3, 0.4) is 0 Å². The second-order valence-corrected chi connectivity index (χ2v) is 6.21. The zero-order valence-electron chi connectivity index (χ0n) is 14.8. The molecule has 0 radical (unpaired) electrons. The van der Waals surface area contributed by atoms with E-state index in [0.29, 0.717) is 6.54 Å². The van der Waals surface area contributed by atoms with Crippen LogP contribution in [0.15, 0.2) is 61.2 Å². The fourth-order valence-corrected chi connectivity index (χ4v) is 3.26. The van der Waals surface area contributed by atoms with Crippen molar-refractivity contribution in [2.75, 3.05) is 13.7 Å². The number of rotatable bonds is 5. The van der Waals surface area contributed by atoms with E-state index in [-0.39, 0.29) is 24.4 Å². The number of methoxy groups -OCH3 is 1. The van der Waals surface area contributed by atoms with Crippen molar-refractivity contribution >= 4 is 11.8 Å². The molecule has 1 atom stereocenters. The van der Waals surface area contributed by atoms with E-state index in [1.807, 2.05) is 47.4 Å². The standard InChI is InChI=1S/C21H22N2O3/c1-3-20(24)22-13-21(25)23-14-17-11-18(26-2)10-9-16(17)12-19(23)15-7-5-4-6-8-15/h3-11,19H,1,12-14H2,2H3,(H,22,24). The highest BCUT2D eigenvalue weighted by molar-refractivity contribution is 5.90. The van der Waals surface area contributed by atoms with Crippen LogP contribution in [0.2, 0.25) is 0 Å². The number of carbonyl (C=O) groups excluding carboxylic acids is 2. The zero-order chi connectivity index (χ0) is 18.5. The molecule has 0 spiro atoms. The molecular weight excluding hydrogens is 328 g/mol. The van der Waals surface area contributed by atoms with E-state index in [0.717, 1.165) is 23.3 Å². The van der Waals surface area contributed by atoms with Crippen LogP contribution in [0.4, 0.5) is 0 Å². The predicted octanol–water partition coefficient (Wildman–Crippen LogP) is 2.62. The van der Waals surface area contributed by atoms with Crippen molar-refractivity contribution in [2.24, 2.45) is 0 Å². The van der Waals surface area contributed by atoms with E-state index >= 15 is 0 Å². The number of benzene rings is 2. The van der Waals surface area contributed by atoms with Gasteiger partial charge in [-0.05, 0) is 41.3 Å². The molecule has 2 aromatic carbocycles. The molecule has 26 heavy (non-hydrogen) atoms. The van der Waals surface area contributed by atoms with Crippen LogP contribution < -0.4 is 10.1 Å². The van der Waals surface area contributed by atoms with Crippen LogP contribution in [0, 0.1) is 0 Å². The van der Waals surface area contributed by atoms with Gasteiger partial charge in [0.25, 0.3) is 0 Å². The van der Waals surface area contributed by atoms with Gasteiger partial charge < -0.3 is 15.0 Å². The summed E-state index contributed by atoms with van der Waals surface area (Å²) < 4.78 is 5.31. The number of fused-ring (bicyclic) bond motifs is 1. The highest BCUT2D eigenvalue weighted by atomic mass is 16.5. The van der Waals surface area contributed by atoms with Crippen molar-refractivity contribution < 1.29 is 14.3 Å². The quantitative estimate of drug-likeness (QED) is 0.844. The molecule has 0 aromatic heterocycles. The number of amides is 2. The van der Waals surface area contributed by atoms with Crippen molar-refractivity contribution in [1.82, 2.24) is 10.2 Å². The van der Waals surface area contributed by atoms with Crippen molar-refractivity contribution in [3.63, 3.8) is 0 Å². The van der Waals surface area contributed by atoms with Gasteiger partial charge in [-0.3, -0.25) is 9.59 Å². The Morgan fingerprint density at radius 2 is 2.00 bits per heavy atom. The zero-order valence-corrected chi connectivity index (χ0v) is 14.8. The lowest BCUT2D eigenvalue weighted by molar-refractivity contribution is -0.135. The Labute approximate surface area is 153 Å². The van der Waals surface area contributed by atoms with Gasteiger partial charge in [0.05, 0.1) is 19.7 Å². The minimum absolute atomic E-state index is 0.0481. The predicted molar refractivity (Wildman–Crippen MR) is 99.6 cm³/mol. The van der Waals surface area contributed by atoms with Gasteiger partial charge in [0, 0.05) is 6.54 Å². The molecule has 1 aliphatic rings. The summed E-state index contributed by atoms with van der Waals surface area (Å²) >= 11 is 0. The monoisotopic (exact) mass is 350 g/mol. The van der Waals surface area contributed by atoms with Gasteiger partial charge in [-0.15, -0.1) is 0 Å². The first kappa shape index (κ1) is 17.7. The third kappa shape index (κ3) is 3.77. The molecule has 0 fully saturated rings. The summed E-state index contributed by atoms with van der Waals surface area (Å²) in [6, 6.07) is 15.9. The van der Waals surface area contributed by atoms with Crippen molar-refractivity contribution in [3.05, 3.63) is 77.9 Å². The lowest BCUT2D eigenvalue weighted by Crippen LogP contribution is -2.44. The molecular formula is C21H22N2O3. The van der Waals surface area contributed by atoms with E-state index < -0.39 is 0 Å². The number of nitrogens with one attached hydrogen (secondary N) is 1. The average molecular weight is 350 g/mol. The summed E-state index contributed by atoms with van der Waals surface area (Å²) in [6.07, 6.45) is 1.89. The molecule has 2 aromatic rings. The summed E-state index contributed by atoms with van der Waals surface area (Å²) in [5.41, 5.74) is 3.36. The average Bonchev–Trinajstić information content (AvgIpc) is 2.70. The van der Waals surface area contributed by atoms with Crippen molar-refractivity contribution in [2.45, 2.75) is 19.0 Å². The van der Waals surface area contributed by atoms with E-state index in [1.54, 1.807) is 7.11 Å². The maximum atomic E-state index is 12.8. The number of ether oxygens (including phenoxy) is 1. The molecule has 5 nitrogen and oxygen atoms in total. The Bertz CT molecular complexity index is 817. The van der Waals surface area contributed by atoms with Gasteiger partial charge in [0.15, 0.2) is 0 Å². The lowest BCUT2D eigenvalue weighted by Gasteiger charge is -2.37. The van der Waals surface area contributed by atoms with Crippen LogP contribution in [0.5, 0.6) is 5.75 Å². The first-order valence-electron chi connectivity index (χ1n) is 8.53. The highest BCUT2D eigenvalue weighted by Gasteiger charge is 2.31. The molecule has 3 rings (SSSR count). The third-order valence-electron chi connectivity index (χ3n) is 4.65. The van der Waals surface area contributed by atoms with Gasteiger partial charge in [0.1, 0.15) is 5.75 Å². The Balaban J connectivity index is 1.90. The molecule has 1 N–H and O–H groups in total. The third-order valence-corrected chi connectivity index (χ3v) is 4.65. The van der Waals surface area contributed by atoms with Crippen molar-refractivity contribution in [3.8, 4) is 5.75 Å². The summed E-state index contributed by atoms with van der Waals surface area (Å²) in [6.45, 7) is 3.84. The van der Waals surface area contributed by atoms with Crippen molar-refractivity contribution in [1.29, 1.82) is 0 Å². The molecule has 0 aliphatic carbocycles. The first-order chi connectivity index (χ1) is 12.6. The molecule has 1 aliphatic heterocycles.